The molecule has 0 radical (unpaired) electrons. The lowest BCUT2D eigenvalue weighted by Gasteiger charge is -2.22. The zero-order valence-corrected chi connectivity index (χ0v) is 19.3. The van der Waals surface area contributed by atoms with Gasteiger partial charge in [-0.05, 0) is 67.3 Å². The van der Waals surface area contributed by atoms with Crippen LogP contribution in [0.15, 0.2) is 71.3 Å². The van der Waals surface area contributed by atoms with E-state index in [1.807, 2.05) is 36.4 Å². The van der Waals surface area contributed by atoms with Gasteiger partial charge in [0.25, 0.3) is 5.91 Å². The third-order valence-electron chi connectivity index (χ3n) is 5.08. The van der Waals surface area contributed by atoms with Gasteiger partial charge in [0.1, 0.15) is 11.5 Å². The first kappa shape index (κ1) is 23.6. The average Bonchev–Trinajstić information content (AvgIpc) is 3.30. The van der Waals surface area contributed by atoms with Gasteiger partial charge in [0, 0.05) is 12.1 Å². The number of benzene rings is 2. The van der Waals surface area contributed by atoms with E-state index in [1.165, 1.54) is 12.5 Å². The molecule has 6 nitrogen and oxygen atoms in total. The van der Waals surface area contributed by atoms with Gasteiger partial charge in [0.15, 0.2) is 0 Å². The van der Waals surface area contributed by atoms with Gasteiger partial charge >= 0.3 is 10.1 Å². The number of furan rings is 1. The fourth-order valence-electron chi connectivity index (χ4n) is 3.29. The molecule has 3 aromatic rings. The van der Waals surface area contributed by atoms with Crippen LogP contribution in [0.5, 0.6) is 5.75 Å². The van der Waals surface area contributed by atoms with Crippen LogP contribution in [0.25, 0.3) is 0 Å². The van der Waals surface area contributed by atoms with E-state index in [9.17, 15) is 13.2 Å². The van der Waals surface area contributed by atoms with Crippen molar-refractivity contribution in [3.8, 4) is 5.75 Å². The first-order valence-corrected chi connectivity index (χ1v) is 12.4. The molecule has 0 saturated heterocycles. The first-order valence-electron chi connectivity index (χ1n) is 10.8. The van der Waals surface area contributed by atoms with Crippen molar-refractivity contribution in [2.24, 2.45) is 0 Å². The Balaban J connectivity index is 1.81. The summed E-state index contributed by atoms with van der Waals surface area (Å²) in [5.74, 6) is 0.652. The number of aryl methyl sites for hydroxylation is 1. The zero-order chi connectivity index (χ0) is 23.0. The molecule has 1 aromatic heterocycles. The minimum absolute atomic E-state index is 0.116. The quantitative estimate of drug-likeness (QED) is 0.372. The van der Waals surface area contributed by atoms with E-state index in [0.29, 0.717) is 17.9 Å². The van der Waals surface area contributed by atoms with Gasteiger partial charge in [-0.2, -0.15) is 8.42 Å². The van der Waals surface area contributed by atoms with Crippen LogP contribution in [0.3, 0.4) is 0 Å². The van der Waals surface area contributed by atoms with Crippen molar-refractivity contribution in [1.82, 2.24) is 4.90 Å². The molecule has 1 heterocycles. The van der Waals surface area contributed by atoms with Gasteiger partial charge < -0.3 is 13.5 Å². The average molecular weight is 456 g/mol. The Bertz CT molecular complexity index is 1110. The minimum Gasteiger partial charge on any atom is -0.467 e. The van der Waals surface area contributed by atoms with E-state index >= 15 is 0 Å². The summed E-state index contributed by atoms with van der Waals surface area (Å²) in [5, 5.41) is 0. The molecule has 2 aromatic carbocycles. The Morgan fingerprint density at radius 3 is 2.41 bits per heavy atom. The highest BCUT2D eigenvalue weighted by Gasteiger charge is 2.19. The van der Waals surface area contributed by atoms with Crippen LogP contribution >= 0.6 is 0 Å². The molecule has 1 amide bonds. The molecule has 0 N–H and O–H groups in total. The number of unbranched alkanes of at least 4 members (excludes halogenated alkanes) is 1. The molecule has 0 atom stereocenters. The molecule has 170 valence electrons. The summed E-state index contributed by atoms with van der Waals surface area (Å²) >= 11 is 0. The van der Waals surface area contributed by atoms with Gasteiger partial charge in [0.2, 0.25) is 0 Å². The van der Waals surface area contributed by atoms with Crippen molar-refractivity contribution in [2.45, 2.75) is 46.2 Å². The molecule has 0 saturated carbocycles. The van der Waals surface area contributed by atoms with Crippen LogP contribution in [0.2, 0.25) is 0 Å². The summed E-state index contributed by atoms with van der Waals surface area (Å²) < 4.78 is 34.2. The molecule has 32 heavy (non-hydrogen) atoms. The molecule has 0 aliphatic carbocycles. The fraction of sp³-hybridized carbons (Fsp3) is 0.320. The molecule has 0 aliphatic rings. The highest BCUT2D eigenvalue weighted by Crippen LogP contribution is 2.20. The lowest BCUT2D eigenvalue weighted by molar-refractivity contribution is 0.0717. The van der Waals surface area contributed by atoms with Crippen LogP contribution in [0.1, 0.15) is 53.9 Å². The lowest BCUT2D eigenvalue weighted by atomic mass is 10.1. The fourth-order valence-corrected chi connectivity index (χ4v) is 3.80. The van der Waals surface area contributed by atoms with Crippen molar-refractivity contribution in [3.05, 3.63) is 89.4 Å². The van der Waals surface area contributed by atoms with Gasteiger partial charge in [-0.3, -0.25) is 4.79 Å². The van der Waals surface area contributed by atoms with Crippen molar-refractivity contribution >= 4 is 16.0 Å². The van der Waals surface area contributed by atoms with Crippen LogP contribution in [-0.4, -0.2) is 25.0 Å². The Labute approximate surface area is 189 Å². The van der Waals surface area contributed by atoms with Crippen molar-refractivity contribution in [1.29, 1.82) is 0 Å². The standard InChI is InChI=1S/C25H29NO5S/c1-3-5-8-20-12-14-22(15-13-20)25(27)26(19-24-11-7-16-30-24)18-21-9-6-10-23(17-21)31-32(28,29)4-2/h6-7,9-17H,3-5,8,18-19H2,1-2H3. The number of nitrogens with zero attached hydrogens (tertiary/aromatic N) is 1. The van der Waals surface area contributed by atoms with Crippen LogP contribution in [0, 0.1) is 0 Å². The molecule has 0 unspecified atom stereocenters. The SMILES string of the molecule is CCCCc1ccc(C(=O)N(Cc2cccc(OS(=O)(=O)CC)c2)Cc2ccco2)cc1. The number of carbonyl (C=O) groups is 1. The molecule has 0 fully saturated rings. The van der Waals surface area contributed by atoms with Gasteiger partial charge in [-0.25, -0.2) is 0 Å². The van der Waals surface area contributed by atoms with E-state index in [0.717, 1.165) is 24.8 Å². The minimum atomic E-state index is -3.62. The topological polar surface area (TPSA) is 76.8 Å². The molecule has 0 aliphatic heterocycles. The molecule has 7 heteroatoms. The van der Waals surface area contributed by atoms with Gasteiger partial charge in [0.05, 0.1) is 18.6 Å². The summed E-state index contributed by atoms with van der Waals surface area (Å²) in [7, 11) is -3.62. The Hall–Kier alpha value is -3.06. The second-order valence-electron chi connectivity index (χ2n) is 7.62. The van der Waals surface area contributed by atoms with E-state index < -0.39 is 10.1 Å². The predicted octanol–water partition coefficient (Wildman–Crippen LogP) is 5.19. The Morgan fingerprint density at radius 2 is 1.75 bits per heavy atom. The van der Waals surface area contributed by atoms with Gasteiger partial charge in [-0.15, -0.1) is 0 Å². The monoisotopic (exact) mass is 455 g/mol. The van der Waals surface area contributed by atoms with Crippen LogP contribution < -0.4 is 4.18 Å². The first-order chi connectivity index (χ1) is 15.4. The normalized spacial score (nSPS) is 11.3. The third kappa shape index (κ3) is 6.72. The van der Waals surface area contributed by atoms with Crippen molar-refractivity contribution < 1.29 is 21.8 Å². The van der Waals surface area contributed by atoms with Crippen LogP contribution in [0.4, 0.5) is 0 Å². The Morgan fingerprint density at radius 1 is 0.969 bits per heavy atom. The van der Waals surface area contributed by atoms with Crippen molar-refractivity contribution in [3.63, 3.8) is 0 Å². The maximum atomic E-state index is 13.3. The lowest BCUT2D eigenvalue weighted by Crippen LogP contribution is -2.30. The number of carbonyl (C=O) groups excluding carboxylic acids is 1. The summed E-state index contributed by atoms with van der Waals surface area (Å²) in [6.07, 6.45) is 4.81. The number of hydrogen-bond acceptors (Lipinski definition) is 5. The molecule has 3 rings (SSSR count). The smallest absolute Gasteiger partial charge is 0.308 e. The molecule has 0 bridgehead atoms. The second-order valence-corrected chi connectivity index (χ2v) is 9.48. The highest BCUT2D eigenvalue weighted by atomic mass is 32.2. The number of hydrogen-bond donors (Lipinski definition) is 0. The molecular formula is C25H29NO5S. The molecule has 0 spiro atoms. The summed E-state index contributed by atoms with van der Waals surface area (Å²) in [6.45, 7) is 4.25. The van der Waals surface area contributed by atoms with Crippen molar-refractivity contribution in [2.75, 3.05) is 5.75 Å². The maximum Gasteiger partial charge on any atom is 0.308 e. The summed E-state index contributed by atoms with van der Waals surface area (Å²) in [6, 6.07) is 18.1. The Kier molecular flexibility index (Phi) is 8.11. The molecular weight excluding hydrogens is 426 g/mol. The maximum absolute atomic E-state index is 13.3. The van der Waals surface area contributed by atoms with Gasteiger partial charge in [-0.1, -0.05) is 37.6 Å². The highest BCUT2D eigenvalue weighted by molar-refractivity contribution is 7.87. The summed E-state index contributed by atoms with van der Waals surface area (Å²) in [5.41, 5.74) is 2.56. The third-order valence-corrected chi connectivity index (χ3v) is 6.24. The summed E-state index contributed by atoms with van der Waals surface area (Å²) in [4.78, 5) is 15.0. The largest absolute Gasteiger partial charge is 0.467 e. The van der Waals surface area contributed by atoms with E-state index in [1.54, 1.807) is 35.4 Å². The van der Waals surface area contributed by atoms with E-state index in [-0.39, 0.29) is 24.0 Å². The zero-order valence-electron chi connectivity index (χ0n) is 18.5. The number of rotatable bonds is 11. The van der Waals surface area contributed by atoms with E-state index in [4.69, 9.17) is 8.60 Å². The second kappa shape index (κ2) is 11.0. The number of amides is 1. The van der Waals surface area contributed by atoms with Crippen LogP contribution in [-0.2, 0) is 29.6 Å². The van der Waals surface area contributed by atoms with E-state index in [2.05, 4.69) is 6.92 Å². The predicted molar refractivity (Wildman–Crippen MR) is 124 cm³/mol.